The van der Waals surface area contributed by atoms with Gasteiger partial charge < -0.3 is 5.32 Å². The van der Waals surface area contributed by atoms with Gasteiger partial charge in [-0.15, -0.1) is 0 Å². The van der Waals surface area contributed by atoms with Crippen molar-refractivity contribution in [1.29, 1.82) is 0 Å². The molecule has 2 rings (SSSR count). The minimum atomic E-state index is -4.21. The monoisotopic (exact) mass is 213 g/mol. The molecular weight excluding hydrogens is 203 g/mol. The van der Waals surface area contributed by atoms with Crippen molar-refractivity contribution in [3.05, 3.63) is 47.5 Å². The van der Waals surface area contributed by atoms with E-state index in [0.717, 1.165) is 5.56 Å². The number of hydrogen-bond donors (Lipinski definition) is 1. The fourth-order valence-electron chi connectivity index (χ4n) is 1.61. The lowest BCUT2D eigenvalue weighted by Gasteiger charge is -2.07. The van der Waals surface area contributed by atoms with Gasteiger partial charge in [0.2, 0.25) is 0 Å². The van der Waals surface area contributed by atoms with Gasteiger partial charge in [0.05, 0.1) is 6.04 Å². The first-order valence-electron chi connectivity index (χ1n) is 4.63. The molecule has 1 nitrogen and oxygen atoms in total. The lowest BCUT2D eigenvalue weighted by molar-refractivity contribution is -0.0918. The molecule has 1 unspecified atom stereocenters. The van der Waals surface area contributed by atoms with Crippen molar-refractivity contribution in [1.82, 2.24) is 5.32 Å². The number of benzene rings is 1. The highest BCUT2D eigenvalue weighted by Crippen LogP contribution is 2.31. The van der Waals surface area contributed by atoms with E-state index in [1.54, 1.807) is 0 Å². The van der Waals surface area contributed by atoms with E-state index >= 15 is 0 Å². The minimum Gasteiger partial charge on any atom is -0.303 e. The van der Waals surface area contributed by atoms with E-state index in [1.807, 2.05) is 30.3 Å². The van der Waals surface area contributed by atoms with Crippen molar-refractivity contribution >= 4 is 0 Å². The second-order valence-corrected chi connectivity index (χ2v) is 3.46. The van der Waals surface area contributed by atoms with Crippen molar-refractivity contribution in [2.75, 3.05) is 6.54 Å². The highest BCUT2D eigenvalue weighted by Gasteiger charge is 2.36. The van der Waals surface area contributed by atoms with Gasteiger partial charge in [-0.2, -0.15) is 13.2 Å². The molecule has 1 N–H and O–H groups in total. The van der Waals surface area contributed by atoms with Gasteiger partial charge >= 0.3 is 6.18 Å². The van der Waals surface area contributed by atoms with E-state index in [1.165, 1.54) is 6.08 Å². The van der Waals surface area contributed by atoms with Crippen LogP contribution in [0.15, 0.2) is 42.0 Å². The van der Waals surface area contributed by atoms with Crippen LogP contribution in [0.25, 0.3) is 0 Å². The predicted molar refractivity (Wildman–Crippen MR) is 51.3 cm³/mol. The zero-order chi connectivity index (χ0) is 10.9. The number of hydrogen-bond acceptors (Lipinski definition) is 1. The Balaban J connectivity index is 2.20. The van der Waals surface area contributed by atoms with E-state index in [4.69, 9.17) is 0 Å². The zero-order valence-electron chi connectivity index (χ0n) is 7.88. The highest BCUT2D eigenvalue weighted by atomic mass is 19.4. The lowest BCUT2D eigenvalue weighted by atomic mass is 10.1. The third kappa shape index (κ3) is 2.21. The molecule has 0 saturated heterocycles. The second kappa shape index (κ2) is 3.70. The molecule has 0 amide bonds. The highest BCUT2D eigenvalue weighted by molar-refractivity contribution is 5.30. The van der Waals surface area contributed by atoms with E-state index in [9.17, 15) is 13.2 Å². The molecule has 0 spiro atoms. The summed E-state index contributed by atoms with van der Waals surface area (Å²) in [7, 11) is 0. The van der Waals surface area contributed by atoms with Gasteiger partial charge in [0, 0.05) is 12.1 Å². The van der Waals surface area contributed by atoms with Crippen LogP contribution < -0.4 is 5.32 Å². The molecule has 80 valence electrons. The van der Waals surface area contributed by atoms with Crippen LogP contribution in [0.3, 0.4) is 0 Å². The molecule has 0 aliphatic carbocycles. The Kier molecular flexibility index (Phi) is 2.52. The first-order valence-corrected chi connectivity index (χ1v) is 4.63. The Morgan fingerprint density at radius 1 is 1.13 bits per heavy atom. The summed E-state index contributed by atoms with van der Waals surface area (Å²) in [6, 6.07) is 8.78. The fraction of sp³-hybridized carbons (Fsp3) is 0.273. The van der Waals surface area contributed by atoms with Gasteiger partial charge in [-0.1, -0.05) is 36.4 Å². The molecule has 1 heterocycles. The zero-order valence-corrected chi connectivity index (χ0v) is 7.88. The smallest absolute Gasteiger partial charge is 0.303 e. The van der Waals surface area contributed by atoms with Crippen molar-refractivity contribution in [3.63, 3.8) is 0 Å². The van der Waals surface area contributed by atoms with Gasteiger partial charge in [0.25, 0.3) is 0 Å². The van der Waals surface area contributed by atoms with Gasteiger partial charge in [-0.3, -0.25) is 0 Å². The van der Waals surface area contributed by atoms with Crippen LogP contribution in [0.4, 0.5) is 13.2 Å². The molecule has 0 bridgehead atoms. The molecule has 1 aromatic carbocycles. The fourth-order valence-corrected chi connectivity index (χ4v) is 1.61. The van der Waals surface area contributed by atoms with Crippen LogP contribution in [0.2, 0.25) is 0 Å². The summed E-state index contributed by atoms with van der Waals surface area (Å²) in [5.41, 5.74) is 0.369. The first-order chi connectivity index (χ1) is 7.07. The number of halogens is 3. The second-order valence-electron chi connectivity index (χ2n) is 3.46. The van der Waals surface area contributed by atoms with Gasteiger partial charge in [0.1, 0.15) is 0 Å². The molecule has 4 heteroatoms. The van der Waals surface area contributed by atoms with Gasteiger partial charge in [0.15, 0.2) is 0 Å². The minimum absolute atomic E-state index is 0.108. The molecule has 0 aromatic heterocycles. The number of alkyl halides is 3. The summed E-state index contributed by atoms with van der Waals surface area (Å²) in [6.45, 7) is -0.108. The largest absolute Gasteiger partial charge is 0.413 e. The van der Waals surface area contributed by atoms with Gasteiger partial charge in [-0.05, 0) is 5.56 Å². The van der Waals surface area contributed by atoms with E-state index < -0.39 is 11.7 Å². The third-order valence-electron chi connectivity index (χ3n) is 2.40. The Morgan fingerprint density at radius 2 is 1.80 bits per heavy atom. The average molecular weight is 213 g/mol. The van der Waals surface area contributed by atoms with Crippen LogP contribution >= 0.6 is 0 Å². The van der Waals surface area contributed by atoms with E-state index in [2.05, 4.69) is 5.32 Å². The summed E-state index contributed by atoms with van der Waals surface area (Å²) in [5.74, 6) is 0. The average Bonchev–Trinajstić information content (AvgIpc) is 2.67. The summed E-state index contributed by atoms with van der Waals surface area (Å²) in [6.07, 6.45) is -2.97. The molecule has 1 aliphatic heterocycles. The molecule has 1 atom stereocenters. The Morgan fingerprint density at radius 3 is 2.33 bits per heavy atom. The predicted octanol–water partition coefficient (Wildman–Crippen LogP) is 2.82. The van der Waals surface area contributed by atoms with Gasteiger partial charge in [-0.25, -0.2) is 0 Å². The third-order valence-corrected chi connectivity index (χ3v) is 2.40. The van der Waals surface area contributed by atoms with Crippen LogP contribution in [0.1, 0.15) is 11.6 Å². The Hall–Kier alpha value is -1.29. The Labute approximate surface area is 85.6 Å². The summed E-state index contributed by atoms with van der Waals surface area (Å²) < 4.78 is 37.0. The maximum atomic E-state index is 12.3. The topological polar surface area (TPSA) is 12.0 Å². The molecule has 0 radical (unpaired) electrons. The quantitative estimate of drug-likeness (QED) is 0.707. The molecule has 0 saturated carbocycles. The summed E-state index contributed by atoms with van der Waals surface area (Å²) in [4.78, 5) is 0. The molecule has 15 heavy (non-hydrogen) atoms. The van der Waals surface area contributed by atoms with Crippen molar-refractivity contribution in [3.8, 4) is 0 Å². The summed E-state index contributed by atoms with van der Waals surface area (Å²) >= 11 is 0. The molecule has 1 aromatic rings. The van der Waals surface area contributed by atoms with Crippen LogP contribution in [0.5, 0.6) is 0 Å². The van der Waals surface area contributed by atoms with Crippen molar-refractivity contribution in [2.45, 2.75) is 12.2 Å². The number of nitrogens with one attached hydrogen (secondary N) is 1. The summed E-state index contributed by atoms with van der Waals surface area (Å²) in [5, 5.41) is 2.82. The normalized spacial score (nSPS) is 21.5. The standard InChI is InChI=1S/C11H10F3N/c12-11(13,14)9-6-10(15-7-9)8-4-2-1-3-5-8/h1-6,10,15H,7H2. The van der Waals surface area contributed by atoms with Crippen molar-refractivity contribution < 1.29 is 13.2 Å². The number of rotatable bonds is 1. The molecule has 1 aliphatic rings. The SMILES string of the molecule is FC(F)(F)C1=CC(c2ccccc2)NC1. The van der Waals surface area contributed by atoms with E-state index in [0.29, 0.717) is 0 Å². The lowest BCUT2D eigenvalue weighted by Crippen LogP contribution is -2.19. The van der Waals surface area contributed by atoms with E-state index in [-0.39, 0.29) is 12.6 Å². The van der Waals surface area contributed by atoms with Crippen molar-refractivity contribution in [2.24, 2.45) is 0 Å². The first kappa shape index (κ1) is 10.2. The molecule has 0 fully saturated rings. The maximum absolute atomic E-state index is 12.3. The Bertz CT molecular complexity index is 367. The van der Waals surface area contributed by atoms with Crippen LogP contribution in [-0.4, -0.2) is 12.7 Å². The molecular formula is C11H10F3N. The van der Waals surface area contributed by atoms with Crippen LogP contribution in [0, 0.1) is 0 Å². The maximum Gasteiger partial charge on any atom is 0.413 e. The van der Waals surface area contributed by atoms with Crippen LogP contribution in [-0.2, 0) is 0 Å².